The summed E-state index contributed by atoms with van der Waals surface area (Å²) < 4.78 is 13.3. The maximum absolute atomic E-state index is 13.3. The molecule has 1 aliphatic rings. The van der Waals surface area contributed by atoms with Crippen molar-refractivity contribution in [1.29, 1.82) is 0 Å². The highest BCUT2D eigenvalue weighted by molar-refractivity contribution is 6.31. The highest BCUT2D eigenvalue weighted by atomic mass is 35.5. The molecule has 156 valence electrons. The number of carbonyl (C=O) groups is 1. The molecule has 2 heterocycles. The lowest BCUT2D eigenvalue weighted by atomic mass is 10.2. The van der Waals surface area contributed by atoms with E-state index >= 15 is 0 Å². The molecule has 8 heteroatoms. The number of carbonyl (C=O) groups excluding carboxylic acids is 1. The fourth-order valence-electron chi connectivity index (χ4n) is 3.32. The second kappa shape index (κ2) is 9.05. The molecule has 0 aliphatic carbocycles. The molecule has 0 radical (unpaired) electrons. The van der Waals surface area contributed by atoms with Crippen LogP contribution >= 0.6 is 11.6 Å². The third-order valence-corrected chi connectivity index (χ3v) is 5.42. The highest BCUT2D eigenvalue weighted by Crippen LogP contribution is 2.21. The van der Waals surface area contributed by atoms with E-state index in [0.29, 0.717) is 5.69 Å². The molecule has 1 aromatic heterocycles. The Labute approximate surface area is 176 Å². The summed E-state index contributed by atoms with van der Waals surface area (Å²) in [6.07, 6.45) is 0. The summed E-state index contributed by atoms with van der Waals surface area (Å²) in [5, 5.41) is 2.80. The summed E-state index contributed by atoms with van der Waals surface area (Å²) in [6.45, 7) is 11.1. The van der Waals surface area contributed by atoms with Crippen LogP contribution in [-0.4, -0.2) is 53.0 Å². The van der Waals surface area contributed by atoms with Crippen LogP contribution in [0.15, 0.2) is 24.3 Å². The number of aryl methyl sites for hydroxylation is 1. The van der Waals surface area contributed by atoms with Gasteiger partial charge < -0.3 is 10.2 Å². The fourth-order valence-corrected chi connectivity index (χ4v) is 3.50. The monoisotopic (exact) mass is 419 g/mol. The molecule has 2 aromatic rings. The van der Waals surface area contributed by atoms with Gasteiger partial charge in [0.25, 0.3) is 0 Å². The van der Waals surface area contributed by atoms with Gasteiger partial charge in [-0.1, -0.05) is 25.4 Å². The maximum atomic E-state index is 13.3. The first kappa shape index (κ1) is 21.5. The molecule has 0 saturated carbocycles. The Hall–Kier alpha value is -2.25. The zero-order valence-corrected chi connectivity index (χ0v) is 18.0. The molecule has 1 aromatic carbocycles. The van der Waals surface area contributed by atoms with Gasteiger partial charge in [-0.25, -0.2) is 14.4 Å². The van der Waals surface area contributed by atoms with Crippen molar-refractivity contribution in [2.24, 2.45) is 0 Å². The number of piperazine rings is 1. The Bertz CT molecular complexity index is 883. The zero-order valence-electron chi connectivity index (χ0n) is 17.2. The van der Waals surface area contributed by atoms with Gasteiger partial charge in [0.2, 0.25) is 5.91 Å². The highest BCUT2D eigenvalue weighted by Gasteiger charge is 2.26. The van der Waals surface area contributed by atoms with Crippen LogP contribution in [-0.2, 0) is 4.79 Å². The predicted molar refractivity (Wildman–Crippen MR) is 114 cm³/mol. The molecular weight excluding hydrogens is 393 g/mol. The van der Waals surface area contributed by atoms with Gasteiger partial charge in [-0.05, 0) is 32.0 Å². The third kappa shape index (κ3) is 5.22. The van der Waals surface area contributed by atoms with Crippen LogP contribution in [0.2, 0.25) is 5.02 Å². The second-order valence-corrected chi connectivity index (χ2v) is 8.10. The summed E-state index contributed by atoms with van der Waals surface area (Å²) in [5.74, 6) is 1.43. The van der Waals surface area contributed by atoms with Crippen molar-refractivity contribution in [2.75, 3.05) is 36.4 Å². The molecule has 1 fully saturated rings. The van der Waals surface area contributed by atoms with Crippen LogP contribution in [0.25, 0.3) is 0 Å². The number of hydrogen-bond acceptors (Lipinski definition) is 5. The first-order valence-electron chi connectivity index (χ1n) is 9.85. The van der Waals surface area contributed by atoms with E-state index in [1.807, 2.05) is 19.9 Å². The normalized spacial score (nSPS) is 16.2. The molecule has 1 aliphatic heterocycles. The Morgan fingerprint density at radius 1 is 1.14 bits per heavy atom. The minimum absolute atomic E-state index is 0.00928. The first-order valence-corrected chi connectivity index (χ1v) is 10.2. The van der Waals surface area contributed by atoms with Crippen LogP contribution < -0.4 is 10.2 Å². The van der Waals surface area contributed by atoms with Crippen molar-refractivity contribution in [3.63, 3.8) is 0 Å². The number of rotatable bonds is 5. The maximum Gasteiger partial charge on any atom is 0.241 e. The average Bonchev–Trinajstić information content (AvgIpc) is 2.69. The molecule has 29 heavy (non-hydrogen) atoms. The fraction of sp³-hybridized carbons (Fsp3) is 0.476. The summed E-state index contributed by atoms with van der Waals surface area (Å²) >= 11 is 5.79. The zero-order chi connectivity index (χ0) is 21.1. The number of halogens is 2. The molecule has 1 N–H and O–H groups in total. The SMILES string of the molecule is Cc1cc(N2CCN([C@H](C)C(=O)Nc3ccc(F)c(Cl)c3)CC2)nc(C(C)C)n1. The van der Waals surface area contributed by atoms with Gasteiger partial charge in [0.1, 0.15) is 17.5 Å². The van der Waals surface area contributed by atoms with E-state index < -0.39 is 5.82 Å². The molecule has 0 unspecified atom stereocenters. The Morgan fingerprint density at radius 3 is 2.45 bits per heavy atom. The van der Waals surface area contributed by atoms with Gasteiger partial charge in [0, 0.05) is 49.5 Å². The van der Waals surface area contributed by atoms with Crippen LogP contribution in [0.3, 0.4) is 0 Å². The number of hydrogen-bond donors (Lipinski definition) is 1. The van der Waals surface area contributed by atoms with Crippen LogP contribution in [0.1, 0.15) is 38.2 Å². The van der Waals surface area contributed by atoms with Crippen LogP contribution in [0, 0.1) is 12.7 Å². The molecule has 1 amide bonds. The summed E-state index contributed by atoms with van der Waals surface area (Å²) in [5.41, 5.74) is 1.45. The lowest BCUT2D eigenvalue weighted by molar-refractivity contribution is -0.120. The number of benzene rings is 1. The van der Waals surface area contributed by atoms with Crippen molar-refractivity contribution >= 4 is 29.0 Å². The minimum atomic E-state index is -0.505. The number of aromatic nitrogens is 2. The number of nitrogens with zero attached hydrogens (tertiary/aromatic N) is 4. The number of anilines is 2. The van der Waals surface area contributed by atoms with E-state index in [0.717, 1.165) is 43.5 Å². The van der Waals surface area contributed by atoms with E-state index in [1.165, 1.54) is 18.2 Å². The molecule has 0 spiro atoms. The van der Waals surface area contributed by atoms with Crippen molar-refractivity contribution in [2.45, 2.75) is 39.7 Å². The molecular formula is C21H27ClFN5O. The summed E-state index contributed by atoms with van der Waals surface area (Å²) in [4.78, 5) is 26.2. The molecule has 3 rings (SSSR count). The Balaban J connectivity index is 1.59. The van der Waals surface area contributed by atoms with Crippen LogP contribution in [0.4, 0.5) is 15.9 Å². The topological polar surface area (TPSA) is 61.4 Å². The lowest BCUT2D eigenvalue weighted by Gasteiger charge is -2.38. The summed E-state index contributed by atoms with van der Waals surface area (Å²) in [6, 6.07) is 5.88. The smallest absolute Gasteiger partial charge is 0.241 e. The van der Waals surface area contributed by atoms with Crippen molar-refractivity contribution < 1.29 is 9.18 Å². The second-order valence-electron chi connectivity index (χ2n) is 7.70. The van der Waals surface area contributed by atoms with Gasteiger partial charge in [0.15, 0.2) is 0 Å². The molecule has 0 bridgehead atoms. The Morgan fingerprint density at radius 2 is 1.83 bits per heavy atom. The van der Waals surface area contributed by atoms with Gasteiger partial charge in [-0.2, -0.15) is 0 Å². The van der Waals surface area contributed by atoms with Crippen LogP contribution in [0.5, 0.6) is 0 Å². The molecule has 6 nitrogen and oxygen atoms in total. The quantitative estimate of drug-likeness (QED) is 0.797. The van der Waals surface area contributed by atoms with E-state index in [2.05, 4.69) is 33.9 Å². The van der Waals surface area contributed by atoms with Crippen molar-refractivity contribution in [1.82, 2.24) is 14.9 Å². The summed E-state index contributed by atoms with van der Waals surface area (Å²) in [7, 11) is 0. The van der Waals surface area contributed by atoms with E-state index in [9.17, 15) is 9.18 Å². The van der Waals surface area contributed by atoms with Gasteiger partial charge in [0.05, 0.1) is 11.1 Å². The lowest BCUT2D eigenvalue weighted by Crippen LogP contribution is -2.53. The average molecular weight is 420 g/mol. The van der Waals surface area contributed by atoms with Crippen molar-refractivity contribution in [3.8, 4) is 0 Å². The number of nitrogens with one attached hydrogen (secondary N) is 1. The van der Waals surface area contributed by atoms with Gasteiger partial charge in [-0.3, -0.25) is 9.69 Å². The largest absolute Gasteiger partial charge is 0.354 e. The standard InChI is InChI=1S/C21H27ClFN5O/c1-13(2)20-24-14(3)11-19(26-20)28-9-7-27(8-10-28)15(4)21(29)25-16-5-6-18(23)17(22)12-16/h5-6,11-13,15H,7-10H2,1-4H3,(H,25,29)/t15-/m1/s1. The van der Waals surface area contributed by atoms with E-state index in [1.54, 1.807) is 0 Å². The van der Waals surface area contributed by atoms with Crippen molar-refractivity contribution in [3.05, 3.63) is 46.6 Å². The third-order valence-electron chi connectivity index (χ3n) is 5.13. The van der Waals surface area contributed by atoms with E-state index in [4.69, 9.17) is 16.6 Å². The van der Waals surface area contributed by atoms with Gasteiger partial charge >= 0.3 is 0 Å². The predicted octanol–water partition coefficient (Wildman–Crippen LogP) is 3.85. The first-order chi connectivity index (χ1) is 13.7. The number of amides is 1. The Kier molecular flexibility index (Phi) is 6.70. The minimum Gasteiger partial charge on any atom is -0.354 e. The molecule has 1 saturated heterocycles. The molecule has 1 atom stereocenters. The van der Waals surface area contributed by atoms with Gasteiger partial charge in [-0.15, -0.1) is 0 Å². The van der Waals surface area contributed by atoms with E-state index in [-0.39, 0.29) is 22.9 Å².